The molecule has 0 radical (unpaired) electrons. The van der Waals surface area contributed by atoms with Crippen molar-refractivity contribution < 1.29 is 58.8 Å². The molecule has 4 amide bonds. The quantitative estimate of drug-likeness (QED) is 0.0605. The smallest absolute Gasteiger partial charge is 0.317 e. The van der Waals surface area contributed by atoms with Crippen LogP contribution in [0.3, 0.4) is 0 Å². The van der Waals surface area contributed by atoms with Crippen molar-refractivity contribution in [2.45, 2.75) is 75.5 Å². The van der Waals surface area contributed by atoms with Gasteiger partial charge in [-0.3, -0.25) is 58.0 Å². The molecule has 0 aromatic carbocycles. The van der Waals surface area contributed by atoms with Crippen LogP contribution >= 0.6 is 0 Å². The Bertz CT molecular complexity index is 995. The van der Waals surface area contributed by atoms with Crippen LogP contribution in [0.15, 0.2) is 0 Å². The summed E-state index contributed by atoms with van der Waals surface area (Å²) in [6.07, 6.45) is -1.16. The monoisotopic (exact) mass is 688 g/mol. The van der Waals surface area contributed by atoms with Crippen molar-refractivity contribution in [1.82, 2.24) is 19.6 Å². The SMILES string of the molecule is NC(=O)CC[C@H]1CN(CC(=O)O)[C@@H](CCC(N)=O)CN(CC(=O)O)[C@@H](CCC(N)=O)CN(CC(=O)O)[C@@H](CCC(N)=O)CN1CC(=O)O. The number of carbonyl (C=O) groups excluding carboxylic acids is 4. The lowest BCUT2D eigenvalue weighted by atomic mass is 9.98. The fourth-order valence-corrected chi connectivity index (χ4v) is 5.94. The van der Waals surface area contributed by atoms with E-state index >= 15 is 0 Å². The van der Waals surface area contributed by atoms with Crippen molar-refractivity contribution in [2.75, 3.05) is 52.4 Å². The molecule has 0 saturated carbocycles. The summed E-state index contributed by atoms with van der Waals surface area (Å²) in [4.78, 5) is 102. The summed E-state index contributed by atoms with van der Waals surface area (Å²) in [5.41, 5.74) is 21.7. The van der Waals surface area contributed by atoms with Crippen LogP contribution in [0.4, 0.5) is 0 Å². The van der Waals surface area contributed by atoms with Crippen LogP contribution in [0.25, 0.3) is 0 Å². The predicted octanol–water partition coefficient (Wildman–Crippen LogP) is -3.92. The number of hydrogen-bond donors (Lipinski definition) is 8. The average Bonchev–Trinajstić information content (AvgIpc) is 2.93. The lowest BCUT2D eigenvalue weighted by molar-refractivity contribution is -0.144. The Morgan fingerprint density at radius 3 is 0.688 bits per heavy atom. The number of nitrogens with two attached hydrogens (primary N) is 4. The second kappa shape index (κ2) is 20.8. The second-order valence-electron chi connectivity index (χ2n) is 11.9. The van der Waals surface area contributed by atoms with Crippen LogP contribution in [-0.2, 0) is 38.4 Å². The highest BCUT2D eigenvalue weighted by Crippen LogP contribution is 2.23. The van der Waals surface area contributed by atoms with Crippen LogP contribution < -0.4 is 22.9 Å². The topological polar surface area (TPSA) is 335 Å². The van der Waals surface area contributed by atoms with Crippen LogP contribution in [0, 0.1) is 0 Å². The van der Waals surface area contributed by atoms with Gasteiger partial charge in [0.2, 0.25) is 23.6 Å². The number of carbonyl (C=O) groups is 8. The molecule has 1 rings (SSSR count). The molecule has 12 N–H and O–H groups in total. The van der Waals surface area contributed by atoms with E-state index in [1.165, 1.54) is 19.6 Å². The molecule has 1 aliphatic heterocycles. The van der Waals surface area contributed by atoms with Crippen LogP contribution in [-0.4, -0.2) is 164 Å². The molecule has 1 heterocycles. The fraction of sp³-hybridized carbons (Fsp3) is 0.714. The molecular weight excluding hydrogens is 640 g/mol. The van der Waals surface area contributed by atoms with E-state index in [0.717, 1.165) is 0 Å². The van der Waals surface area contributed by atoms with Crippen molar-refractivity contribution in [1.29, 1.82) is 0 Å². The third-order valence-corrected chi connectivity index (χ3v) is 8.10. The van der Waals surface area contributed by atoms with Crippen LogP contribution in [0.2, 0.25) is 0 Å². The predicted molar refractivity (Wildman–Crippen MR) is 166 cm³/mol. The summed E-state index contributed by atoms with van der Waals surface area (Å²) in [5, 5.41) is 39.5. The molecule has 4 atom stereocenters. The molecule has 0 spiro atoms. The zero-order valence-electron chi connectivity index (χ0n) is 26.8. The van der Waals surface area contributed by atoms with Gasteiger partial charge < -0.3 is 43.4 Å². The zero-order valence-corrected chi connectivity index (χ0v) is 26.8. The number of nitrogens with zero attached hydrogens (tertiary/aromatic N) is 4. The number of hydrogen-bond acceptors (Lipinski definition) is 12. The van der Waals surface area contributed by atoms with Crippen molar-refractivity contribution in [3.63, 3.8) is 0 Å². The number of carboxylic acids is 4. The number of amides is 4. The highest BCUT2D eigenvalue weighted by atomic mass is 16.4. The van der Waals surface area contributed by atoms with E-state index in [2.05, 4.69) is 0 Å². The molecule has 1 aliphatic rings. The Morgan fingerprint density at radius 1 is 0.396 bits per heavy atom. The van der Waals surface area contributed by atoms with Crippen molar-refractivity contribution >= 4 is 47.5 Å². The van der Waals surface area contributed by atoms with Crippen molar-refractivity contribution in [3.05, 3.63) is 0 Å². The summed E-state index contributed by atoms with van der Waals surface area (Å²) in [7, 11) is 0. The number of aliphatic carboxylic acids is 4. The lowest BCUT2D eigenvalue weighted by Gasteiger charge is -2.45. The molecule has 0 unspecified atom stereocenters. The van der Waals surface area contributed by atoms with Gasteiger partial charge in [0.25, 0.3) is 0 Å². The summed E-state index contributed by atoms with van der Waals surface area (Å²) in [6, 6.07) is -3.54. The lowest BCUT2D eigenvalue weighted by Crippen LogP contribution is -2.60. The number of primary amides is 4. The van der Waals surface area contributed by atoms with Crippen molar-refractivity contribution in [2.24, 2.45) is 22.9 Å². The van der Waals surface area contributed by atoms with E-state index in [0.29, 0.717) is 0 Å². The molecular formula is C28H48N8O12. The first kappa shape index (κ1) is 41.6. The van der Waals surface area contributed by atoms with Gasteiger partial charge in [-0.05, 0) is 25.7 Å². The van der Waals surface area contributed by atoms with Gasteiger partial charge in [0.15, 0.2) is 0 Å². The first-order valence-electron chi connectivity index (χ1n) is 15.3. The molecule has 0 aliphatic carbocycles. The highest BCUT2D eigenvalue weighted by molar-refractivity contribution is 5.75. The molecule has 0 bridgehead atoms. The Balaban J connectivity index is 4.06. The van der Waals surface area contributed by atoms with Crippen LogP contribution in [0.1, 0.15) is 51.4 Å². The Labute approximate surface area is 276 Å². The Hall–Kier alpha value is -4.40. The van der Waals surface area contributed by atoms with E-state index in [9.17, 15) is 58.8 Å². The minimum absolute atomic E-state index is 0.0528. The maximum absolute atomic E-state index is 12.1. The molecule has 1 fully saturated rings. The Morgan fingerprint density at radius 2 is 0.562 bits per heavy atom. The van der Waals surface area contributed by atoms with E-state index in [-0.39, 0.29) is 77.5 Å². The first-order valence-corrected chi connectivity index (χ1v) is 15.3. The second-order valence-corrected chi connectivity index (χ2v) is 11.9. The van der Waals surface area contributed by atoms with Gasteiger partial charge in [-0.2, -0.15) is 0 Å². The molecule has 20 heteroatoms. The number of rotatable bonds is 20. The van der Waals surface area contributed by atoms with Crippen molar-refractivity contribution in [3.8, 4) is 0 Å². The minimum atomic E-state index is -1.30. The summed E-state index contributed by atoms with van der Waals surface area (Å²) < 4.78 is 0. The van der Waals surface area contributed by atoms with Gasteiger partial charge in [-0.25, -0.2) is 0 Å². The minimum Gasteiger partial charge on any atom is -0.480 e. The van der Waals surface area contributed by atoms with Crippen LogP contribution in [0.5, 0.6) is 0 Å². The Kier molecular flexibility index (Phi) is 18.0. The molecule has 20 nitrogen and oxygen atoms in total. The fourth-order valence-electron chi connectivity index (χ4n) is 5.94. The van der Waals surface area contributed by atoms with E-state index in [1.807, 2.05) is 0 Å². The third-order valence-electron chi connectivity index (χ3n) is 8.10. The van der Waals surface area contributed by atoms with E-state index < -0.39 is 97.9 Å². The maximum Gasteiger partial charge on any atom is 0.317 e. The van der Waals surface area contributed by atoms with Gasteiger partial charge in [0, 0.05) is 76.0 Å². The average molecular weight is 689 g/mol. The van der Waals surface area contributed by atoms with Gasteiger partial charge in [0.1, 0.15) is 0 Å². The van der Waals surface area contributed by atoms with Gasteiger partial charge in [-0.1, -0.05) is 0 Å². The molecule has 1 saturated heterocycles. The third kappa shape index (κ3) is 17.0. The summed E-state index contributed by atoms with van der Waals surface area (Å²) in [5.74, 6) is -8.11. The zero-order chi connectivity index (χ0) is 36.6. The largest absolute Gasteiger partial charge is 0.480 e. The normalized spacial score (nSPS) is 22.2. The van der Waals surface area contributed by atoms with E-state index in [4.69, 9.17) is 22.9 Å². The molecule has 0 aromatic heterocycles. The highest BCUT2D eigenvalue weighted by Gasteiger charge is 2.37. The molecule has 48 heavy (non-hydrogen) atoms. The van der Waals surface area contributed by atoms with Gasteiger partial charge >= 0.3 is 23.9 Å². The summed E-state index contributed by atoms with van der Waals surface area (Å²) >= 11 is 0. The van der Waals surface area contributed by atoms with Gasteiger partial charge in [-0.15, -0.1) is 0 Å². The molecule has 0 aromatic rings. The maximum atomic E-state index is 12.1. The summed E-state index contributed by atoms with van der Waals surface area (Å²) in [6.45, 7) is -3.37. The van der Waals surface area contributed by atoms with Gasteiger partial charge in [0.05, 0.1) is 26.2 Å². The molecule has 272 valence electrons. The number of carboxylic acid groups (broad SMARTS) is 4. The van der Waals surface area contributed by atoms with E-state index in [1.54, 1.807) is 0 Å². The standard InChI is InChI=1S/C28H48N8O12/c29-21(37)5-1-17-9-34(14-26(43)44)19(3-7-23(31)39)11-36(16-28(47)48)20(4-8-24(32)40)12-35(15-27(45)46)18(2-6-22(30)38)10-33(17)13-25(41)42/h17-20H,1-16H2,(H2,29,37)(H2,30,38)(H2,31,39)(H2,32,40)(H,41,42)(H,43,44)(H,45,46)(H,47,48)/t17-,18-,19-,20-/m0/s1. The first-order chi connectivity index (χ1) is 22.4.